The molecule has 0 spiro atoms. The fourth-order valence-electron chi connectivity index (χ4n) is 2.85. The van der Waals surface area contributed by atoms with Crippen molar-refractivity contribution in [3.8, 4) is 0 Å². The fourth-order valence-corrected chi connectivity index (χ4v) is 2.85. The Kier molecular flexibility index (Phi) is 4.97. The second-order valence-electron chi connectivity index (χ2n) is 5.59. The van der Waals surface area contributed by atoms with Crippen LogP contribution in [0.25, 0.3) is 0 Å². The SMILES string of the molecule is NCC1(CC(=O)OCc2ccccc2)CCCCC1. The number of ether oxygens (including phenoxy) is 1. The zero-order chi connectivity index (χ0) is 13.6. The van der Waals surface area contributed by atoms with Crippen LogP contribution in [0.3, 0.4) is 0 Å². The van der Waals surface area contributed by atoms with Crippen molar-refractivity contribution in [2.24, 2.45) is 11.1 Å². The molecule has 19 heavy (non-hydrogen) atoms. The molecule has 0 amide bonds. The summed E-state index contributed by atoms with van der Waals surface area (Å²) in [5, 5.41) is 0. The Morgan fingerprint density at radius 1 is 1.16 bits per heavy atom. The lowest BCUT2D eigenvalue weighted by Gasteiger charge is -2.35. The van der Waals surface area contributed by atoms with Crippen LogP contribution in [0.15, 0.2) is 30.3 Å². The molecular weight excluding hydrogens is 238 g/mol. The first-order chi connectivity index (χ1) is 9.24. The van der Waals surface area contributed by atoms with Gasteiger partial charge in [-0.25, -0.2) is 0 Å². The summed E-state index contributed by atoms with van der Waals surface area (Å²) in [5.74, 6) is -0.115. The Hall–Kier alpha value is -1.35. The molecule has 1 aromatic rings. The standard InChI is InChI=1S/C16H23NO2/c17-13-16(9-5-2-6-10-16)11-15(18)19-12-14-7-3-1-4-8-14/h1,3-4,7-8H,2,5-6,9-13,17H2. The summed E-state index contributed by atoms with van der Waals surface area (Å²) < 4.78 is 5.36. The maximum absolute atomic E-state index is 12.0. The first-order valence-electron chi connectivity index (χ1n) is 7.14. The van der Waals surface area contributed by atoms with E-state index < -0.39 is 0 Å². The van der Waals surface area contributed by atoms with E-state index in [1.165, 1.54) is 19.3 Å². The van der Waals surface area contributed by atoms with Gasteiger partial charge in [0.25, 0.3) is 0 Å². The van der Waals surface area contributed by atoms with Gasteiger partial charge in [-0.2, -0.15) is 0 Å². The van der Waals surface area contributed by atoms with E-state index in [1.807, 2.05) is 30.3 Å². The van der Waals surface area contributed by atoms with Crippen LogP contribution in [0.5, 0.6) is 0 Å². The summed E-state index contributed by atoms with van der Waals surface area (Å²) in [6, 6.07) is 9.79. The molecular formula is C16H23NO2. The number of nitrogens with two attached hydrogens (primary N) is 1. The highest BCUT2D eigenvalue weighted by Crippen LogP contribution is 2.38. The van der Waals surface area contributed by atoms with E-state index in [0.29, 0.717) is 19.6 Å². The van der Waals surface area contributed by atoms with Gasteiger partial charge in [-0.1, -0.05) is 49.6 Å². The highest BCUT2D eigenvalue weighted by molar-refractivity contribution is 5.70. The van der Waals surface area contributed by atoms with E-state index in [0.717, 1.165) is 18.4 Å². The number of carbonyl (C=O) groups is 1. The maximum Gasteiger partial charge on any atom is 0.306 e. The fraction of sp³-hybridized carbons (Fsp3) is 0.562. The minimum atomic E-state index is -0.115. The van der Waals surface area contributed by atoms with Crippen molar-refractivity contribution in [3.63, 3.8) is 0 Å². The molecule has 3 heteroatoms. The molecule has 2 rings (SSSR count). The second-order valence-corrected chi connectivity index (χ2v) is 5.59. The van der Waals surface area contributed by atoms with Gasteiger partial charge in [0.2, 0.25) is 0 Å². The molecule has 3 nitrogen and oxygen atoms in total. The highest BCUT2D eigenvalue weighted by Gasteiger charge is 2.33. The summed E-state index contributed by atoms with van der Waals surface area (Å²) in [5.41, 5.74) is 6.91. The van der Waals surface area contributed by atoms with Crippen LogP contribution in [0, 0.1) is 5.41 Å². The first-order valence-corrected chi connectivity index (χ1v) is 7.14. The lowest BCUT2D eigenvalue weighted by molar-refractivity contribution is -0.148. The Morgan fingerprint density at radius 3 is 2.47 bits per heavy atom. The molecule has 1 saturated carbocycles. The minimum Gasteiger partial charge on any atom is -0.461 e. The largest absolute Gasteiger partial charge is 0.461 e. The molecule has 1 aromatic carbocycles. The third kappa shape index (κ3) is 4.06. The van der Waals surface area contributed by atoms with Crippen LogP contribution in [-0.4, -0.2) is 12.5 Å². The summed E-state index contributed by atoms with van der Waals surface area (Å²) in [4.78, 5) is 12.0. The van der Waals surface area contributed by atoms with Crippen molar-refractivity contribution in [2.45, 2.75) is 45.1 Å². The smallest absolute Gasteiger partial charge is 0.306 e. The number of hydrogen-bond donors (Lipinski definition) is 1. The lowest BCUT2D eigenvalue weighted by atomic mass is 9.72. The van der Waals surface area contributed by atoms with Gasteiger partial charge in [0.15, 0.2) is 0 Å². The molecule has 2 N–H and O–H groups in total. The van der Waals surface area contributed by atoms with Crippen LogP contribution in [-0.2, 0) is 16.1 Å². The highest BCUT2D eigenvalue weighted by atomic mass is 16.5. The average molecular weight is 261 g/mol. The van der Waals surface area contributed by atoms with Crippen molar-refractivity contribution in [1.82, 2.24) is 0 Å². The van der Waals surface area contributed by atoms with Gasteiger partial charge in [-0.3, -0.25) is 4.79 Å². The van der Waals surface area contributed by atoms with E-state index in [9.17, 15) is 4.79 Å². The summed E-state index contributed by atoms with van der Waals surface area (Å²) >= 11 is 0. The van der Waals surface area contributed by atoms with Crippen molar-refractivity contribution in [1.29, 1.82) is 0 Å². The maximum atomic E-state index is 12.0. The van der Waals surface area contributed by atoms with Crippen molar-refractivity contribution in [3.05, 3.63) is 35.9 Å². The van der Waals surface area contributed by atoms with Crippen LogP contribution in [0.1, 0.15) is 44.1 Å². The molecule has 1 fully saturated rings. The molecule has 0 radical (unpaired) electrons. The normalized spacial score (nSPS) is 17.9. The molecule has 0 unspecified atom stereocenters. The first kappa shape index (κ1) is 14.1. The van der Waals surface area contributed by atoms with Crippen LogP contribution < -0.4 is 5.73 Å². The van der Waals surface area contributed by atoms with E-state index in [2.05, 4.69) is 0 Å². The second kappa shape index (κ2) is 6.71. The Balaban J connectivity index is 1.83. The number of carbonyl (C=O) groups excluding carboxylic acids is 1. The van der Waals surface area contributed by atoms with E-state index in [4.69, 9.17) is 10.5 Å². The number of benzene rings is 1. The molecule has 0 atom stereocenters. The molecule has 0 aliphatic heterocycles. The number of esters is 1. The van der Waals surface area contributed by atoms with Crippen LogP contribution in [0.4, 0.5) is 0 Å². The van der Waals surface area contributed by atoms with E-state index in [1.54, 1.807) is 0 Å². The van der Waals surface area contributed by atoms with Crippen molar-refractivity contribution < 1.29 is 9.53 Å². The van der Waals surface area contributed by atoms with Crippen LogP contribution in [0.2, 0.25) is 0 Å². The Labute approximate surface area is 115 Å². The third-order valence-electron chi connectivity index (χ3n) is 4.11. The average Bonchev–Trinajstić information content (AvgIpc) is 2.47. The van der Waals surface area contributed by atoms with Gasteiger partial charge >= 0.3 is 5.97 Å². The van der Waals surface area contributed by atoms with Crippen molar-refractivity contribution in [2.75, 3.05) is 6.54 Å². The van der Waals surface area contributed by atoms with Gasteiger partial charge in [0, 0.05) is 0 Å². The zero-order valence-corrected chi connectivity index (χ0v) is 11.4. The summed E-state index contributed by atoms with van der Waals surface area (Å²) in [6.07, 6.45) is 6.22. The van der Waals surface area contributed by atoms with E-state index in [-0.39, 0.29) is 11.4 Å². The quantitative estimate of drug-likeness (QED) is 0.829. The van der Waals surface area contributed by atoms with Gasteiger partial charge in [-0.15, -0.1) is 0 Å². The number of hydrogen-bond acceptors (Lipinski definition) is 3. The molecule has 1 aliphatic carbocycles. The lowest BCUT2D eigenvalue weighted by Crippen LogP contribution is -2.35. The third-order valence-corrected chi connectivity index (χ3v) is 4.11. The monoisotopic (exact) mass is 261 g/mol. The number of rotatable bonds is 5. The van der Waals surface area contributed by atoms with Gasteiger partial charge in [0.05, 0.1) is 6.42 Å². The molecule has 0 saturated heterocycles. The topological polar surface area (TPSA) is 52.3 Å². The van der Waals surface area contributed by atoms with Crippen molar-refractivity contribution >= 4 is 5.97 Å². The van der Waals surface area contributed by atoms with Crippen LogP contribution >= 0.6 is 0 Å². The molecule has 0 aromatic heterocycles. The molecule has 0 heterocycles. The van der Waals surface area contributed by atoms with Gasteiger partial charge in [0.1, 0.15) is 6.61 Å². The molecule has 104 valence electrons. The minimum absolute atomic E-state index is 0.00792. The zero-order valence-electron chi connectivity index (χ0n) is 11.4. The van der Waals surface area contributed by atoms with E-state index >= 15 is 0 Å². The predicted molar refractivity (Wildman–Crippen MR) is 75.4 cm³/mol. The van der Waals surface area contributed by atoms with Gasteiger partial charge in [-0.05, 0) is 30.4 Å². The predicted octanol–water partition coefficient (Wildman–Crippen LogP) is 3.03. The summed E-state index contributed by atoms with van der Waals surface area (Å²) in [6.45, 7) is 0.952. The molecule has 1 aliphatic rings. The molecule has 0 bridgehead atoms. The Bertz CT molecular complexity index is 396. The Morgan fingerprint density at radius 2 is 1.84 bits per heavy atom. The van der Waals surface area contributed by atoms with Gasteiger partial charge < -0.3 is 10.5 Å². The summed E-state index contributed by atoms with van der Waals surface area (Å²) in [7, 11) is 0.